The van der Waals surface area contributed by atoms with Gasteiger partial charge in [0.2, 0.25) is 0 Å². The van der Waals surface area contributed by atoms with Crippen molar-refractivity contribution in [1.29, 1.82) is 0 Å². The maximum Gasteiger partial charge on any atom is 0.165 e. The summed E-state index contributed by atoms with van der Waals surface area (Å²) in [5, 5.41) is 11.0. The van der Waals surface area contributed by atoms with Gasteiger partial charge in [-0.15, -0.1) is 0 Å². The van der Waals surface area contributed by atoms with E-state index in [1.807, 2.05) is 28.8 Å². The number of Topliss-reactive ketones (excluding diaryl/α,β-unsaturated/α-hetero) is 1. The third-order valence-electron chi connectivity index (χ3n) is 5.26. The largest absolute Gasteiger partial charge is 0.390 e. The van der Waals surface area contributed by atoms with E-state index >= 15 is 0 Å². The molecule has 136 valence electrons. The highest BCUT2D eigenvalue weighted by atomic mass is 35.5. The minimum absolute atomic E-state index is 0.0934. The van der Waals surface area contributed by atoms with E-state index in [9.17, 15) is 9.90 Å². The Labute approximate surface area is 153 Å². The lowest BCUT2D eigenvalue weighted by atomic mass is 9.93. The Morgan fingerprint density at radius 1 is 1.40 bits per heavy atom. The molecule has 25 heavy (non-hydrogen) atoms. The average molecular weight is 364 g/mol. The van der Waals surface area contributed by atoms with Crippen LogP contribution in [0.1, 0.15) is 61.0 Å². The van der Waals surface area contributed by atoms with Gasteiger partial charge in [-0.1, -0.05) is 24.4 Å². The highest BCUT2D eigenvalue weighted by Crippen LogP contribution is 2.34. The molecule has 1 fully saturated rings. The van der Waals surface area contributed by atoms with Gasteiger partial charge in [-0.05, 0) is 43.9 Å². The van der Waals surface area contributed by atoms with Gasteiger partial charge in [0.1, 0.15) is 0 Å². The van der Waals surface area contributed by atoms with E-state index in [1.165, 1.54) is 0 Å². The van der Waals surface area contributed by atoms with Gasteiger partial charge in [0.25, 0.3) is 0 Å². The zero-order valence-corrected chi connectivity index (χ0v) is 15.5. The van der Waals surface area contributed by atoms with Crippen LogP contribution in [-0.4, -0.2) is 34.6 Å². The quantitative estimate of drug-likeness (QED) is 0.705. The number of carbonyl (C=O) groups is 1. The monoisotopic (exact) mass is 363 g/mol. The molecule has 5 heteroatoms. The molecule has 0 spiro atoms. The van der Waals surface area contributed by atoms with Gasteiger partial charge >= 0.3 is 0 Å². The maximum atomic E-state index is 12.8. The standard InChI is InChI=1S/C20H26ClNO3/c1-25-13-8-15-14-16(19-17(21)6-5-12-22(15)19)18(23)7-4-11-20(24)9-2-3-10-20/h5-6,12,14,24H,2-4,7-11,13H2,1H3. The average Bonchev–Trinajstić information content (AvgIpc) is 3.18. The molecule has 1 saturated carbocycles. The maximum absolute atomic E-state index is 12.8. The number of aromatic nitrogens is 1. The van der Waals surface area contributed by atoms with Crippen LogP contribution >= 0.6 is 11.6 Å². The molecule has 0 bridgehead atoms. The predicted octanol–water partition coefficient (Wildman–Crippen LogP) is 4.44. The zero-order valence-electron chi connectivity index (χ0n) is 14.8. The van der Waals surface area contributed by atoms with Crippen molar-refractivity contribution >= 4 is 22.9 Å². The van der Waals surface area contributed by atoms with Crippen LogP contribution in [-0.2, 0) is 11.2 Å². The fraction of sp³-hybridized carbons (Fsp3) is 0.550. The minimum Gasteiger partial charge on any atom is -0.390 e. The summed E-state index contributed by atoms with van der Waals surface area (Å²) in [5.41, 5.74) is 1.93. The molecule has 2 aromatic rings. The summed E-state index contributed by atoms with van der Waals surface area (Å²) in [6.45, 7) is 0.597. The number of hydrogen-bond acceptors (Lipinski definition) is 3. The Hall–Kier alpha value is -1.36. The molecule has 0 amide bonds. The number of carbonyl (C=O) groups excluding carboxylic acids is 1. The number of methoxy groups -OCH3 is 1. The number of aliphatic hydroxyl groups is 1. The molecule has 0 saturated heterocycles. The lowest BCUT2D eigenvalue weighted by Crippen LogP contribution is -2.23. The second-order valence-electron chi connectivity index (χ2n) is 7.08. The number of ether oxygens (including phenoxy) is 1. The first kappa shape index (κ1) is 18.4. The Morgan fingerprint density at radius 3 is 2.88 bits per heavy atom. The van der Waals surface area contributed by atoms with Crippen molar-refractivity contribution in [2.45, 2.75) is 57.0 Å². The molecule has 0 aromatic carbocycles. The zero-order chi connectivity index (χ0) is 17.9. The molecule has 1 N–H and O–H groups in total. The van der Waals surface area contributed by atoms with Crippen LogP contribution in [0.25, 0.3) is 5.52 Å². The molecule has 0 unspecified atom stereocenters. The molecular formula is C20H26ClNO3. The van der Waals surface area contributed by atoms with Crippen molar-refractivity contribution in [3.63, 3.8) is 0 Å². The summed E-state index contributed by atoms with van der Waals surface area (Å²) in [6, 6.07) is 5.64. The Kier molecular flexibility index (Phi) is 5.82. The summed E-state index contributed by atoms with van der Waals surface area (Å²) in [6.07, 6.45) is 8.43. The molecule has 1 aliphatic carbocycles. The van der Waals surface area contributed by atoms with E-state index in [-0.39, 0.29) is 5.78 Å². The van der Waals surface area contributed by atoms with E-state index in [0.717, 1.165) is 43.3 Å². The van der Waals surface area contributed by atoms with Crippen LogP contribution in [0.4, 0.5) is 0 Å². The molecule has 0 radical (unpaired) electrons. The van der Waals surface area contributed by atoms with Crippen LogP contribution in [0.2, 0.25) is 5.02 Å². The van der Waals surface area contributed by atoms with Gasteiger partial charge in [-0.3, -0.25) is 4.79 Å². The molecule has 1 aliphatic rings. The number of halogens is 1. The summed E-state index contributed by atoms with van der Waals surface area (Å²) >= 11 is 6.37. The van der Waals surface area contributed by atoms with E-state index < -0.39 is 5.60 Å². The number of nitrogens with zero attached hydrogens (tertiary/aromatic N) is 1. The second kappa shape index (κ2) is 7.90. The molecule has 3 rings (SSSR count). The third kappa shape index (κ3) is 4.08. The second-order valence-corrected chi connectivity index (χ2v) is 7.48. The SMILES string of the molecule is COCCc1cc(C(=O)CCCC2(O)CCCC2)c2c(Cl)cccn12. The molecule has 0 atom stereocenters. The summed E-state index contributed by atoms with van der Waals surface area (Å²) in [7, 11) is 1.67. The lowest BCUT2D eigenvalue weighted by Gasteiger charge is -2.21. The first-order valence-electron chi connectivity index (χ1n) is 9.07. The van der Waals surface area contributed by atoms with Gasteiger partial charge < -0.3 is 14.2 Å². The normalized spacial score (nSPS) is 16.6. The van der Waals surface area contributed by atoms with Crippen LogP contribution in [0, 0.1) is 0 Å². The molecular weight excluding hydrogens is 338 g/mol. The predicted molar refractivity (Wildman–Crippen MR) is 99.6 cm³/mol. The first-order chi connectivity index (χ1) is 12.0. The third-order valence-corrected chi connectivity index (χ3v) is 5.57. The van der Waals surface area contributed by atoms with E-state index in [0.29, 0.717) is 36.5 Å². The summed E-state index contributed by atoms with van der Waals surface area (Å²) < 4.78 is 7.15. The van der Waals surface area contributed by atoms with Crippen LogP contribution in [0.3, 0.4) is 0 Å². The van der Waals surface area contributed by atoms with Gasteiger partial charge in [0.15, 0.2) is 5.78 Å². The van der Waals surface area contributed by atoms with Crippen LogP contribution < -0.4 is 0 Å². The van der Waals surface area contributed by atoms with Crippen molar-refractivity contribution in [2.24, 2.45) is 0 Å². The van der Waals surface area contributed by atoms with Crippen molar-refractivity contribution in [1.82, 2.24) is 4.40 Å². The fourth-order valence-electron chi connectivity index (χ4n) is 3.89. The molecule has 2 heterocycles. The topological polar surface area (TPSA) is 50.9 Å². The Balaban J connectivity index is 1.76. The number of pyridine rings is 1. The Bertz CT molecular complexity index is 747. The fourth-order valence-corrected chi connectivity index (χ4v) is 4.16. The molecule has 4 nitrogen and oxygen atoms in total. The van der Waals surface area contributed by atoms with Crippen molar-refractivity contribution in [3.8, 4) is 0 Å². The highest BCUT2D eigenvalue weighted by Gasteiger charge is 2.30. The minimum atomic E-state index is -0.551. The number of ketones is 1. The van der Waals surface area contributed by atoms with Crippen LogP contribution in [0.5, 0.6) is 0 Å². The summed E-state index contributed by atoms with van der Waals surface area (Å²) in [4.78, 5) is 12.8. The first-order valence-corrected chi connectivity index (χ1v) is 9.45. The van der Waals surface area contributed by atoms with Gasteiger partial charge in [0, 0.05) is 37.4 Å². The van der Waals surface area contributed by atoms with Gasteiger partial charge in [-0.2, -0.15) is 0 Å². The van der Waals surface area contributed by atoms with E-state index in [2.05, 4.69) is 0 Å². The number of hydrogen-bond donors (Lipinski definition) is 1. The van der Waals surface area contributed by atoms with E-state index in [4.69, 9.17) is 16.3 Å². The lowest BCUT2D eigenvalue weighted by molar-refractivity contribution is 0.0363. The van der Waals surface area contributed by atoms with Gasteiger partial charge in [0.05, 0.1) is 22.7 Å². The highest BCUT2D eigenvalue weighted by molar-refractivity contribution is 6.35. The number of fused-ring (bicyclic) bond motifs is 1. The molecule has 2 aromatic heterocycles. The van der Waals surface area contributed by atoms with Gasteiger partial charge in [-0.25, -0.2) is 0 Å². The van der Waals surface area contributed by atoms with Crippen molar-refractivity contribution in [2.75, 3.05) is 13.7 Å². The smallest absolute Gasteiger partial charge is 0.165 e. The molecule has 0 aliphatic heterocycles. The van der Waals surface area contributed by atoms with Crippen molar-refractivity contribution in [3.05, 3.63) is 40.7 Å². The summed E-state index contributed by atoms with van der Waals surface area (Å²) in [5.74, 6) is 0.0934. The number of rotatable bonds is 8. The van der Waals surface area contributed by atoms with E-state index in [1.54, 1.807) is 7.11 Å². The van der Waals surface area contributed by atoms with Crippen molar-refractivity contribution < 1.29 is 14.6 Å². The Morgan fingerprint density at radius 2 is 2.16 bits per heavy atom. The van der Waals surface area contributed by atoms with Crippen LogP contribution in [0.15, 0.2) is 24.4 Å².